The second-order valence-electron chi connectivity index (χ2n) is 3.69. The largest absolute Gasteiger partial charge is 0.0950 e. The van der Waals surface area contributed by atoms with Gasteiger partial charge in [0, 0.05) is 11.5 Å². The van der Waals surface area contributed by atoms with Gasteiger partial charge >= 0.3 is 0 Å². The molecule has 68 valence electrons. The van der Waals surface area contributed by atoms with Crippen molar-refractivity contribution in [2.75, 3.05) is 0 Å². The van der Waals surface area contributed by atoms with Crippen molar-refractivity contribution in [3.63, 3.8) is 0 Å². The Morgan fingerprint density at radius 2 is 1.62 bits per heavy atom. The fourth-order valence-corrected chi connectivity index (χ4v) is 1.23. The third-order valence-electron chi connectivity index (χ3n) is 1.97. The third-order valence-corrected chi connectivity index (χ3v) is 1.97. The summed E-state index contributed by atoms with van der Waals surface area (Å²) in [5, 5.41) is 0. The van der Waals surface area contributed by atoms with Crippen LogP contribution in [0.2, 0.25) is 0 Å². The molecule has 0 nitrogen and oxygen atoms in total. The summed E-state index contributed by atoms with van der Waals surface area (Å²) in [6.07, 6.45) is 0. The van der Waals surface area contributed by atoms with Gasteiger partial charge in [-0.3, -0.25) is 0 Å². The molecule has 0 N–H and O–H groups in total. The van der Waals surface area contributed by atoms with Crippen LogP contribution in [0.25, 0.3) is 0 Å². The standard InChI is InChI=1S/C13H16/c1-10(2)8-9-13-11(3)6-5-7-12(13)4/h5-7,10H,1-4H3. The van der Waals surface area contributed by atoms with Crippen LogP contribution in [-0.2, 0) is 0 Å². The van der Waals surface area contributed by atoms with Gasteiger partial charge in [0.05, 0.1) is 0 Å². The molecule has 0 amide bonds. The highest BCUT2D eigenvalue weighted by molar-refractivity contribution is 5.46. The molecule has 0 heterocycles. The summed E-state index contributed by atoms with van der Waals surface area (Å²) in [6.45, 7) is 8.44. The smallest absolute Gasteiger partial charge is 0.0303 e. The molecule has 0 saturated carbocycles. The average Bonchev–Trinajstić information content (AvgIpc) is 2.03. The summed E-state index contributed by atoms with van der Waals surface area (Å²) in [4.78, 5) is 0. The molecule has 0 spiro atoms. The van der Waals surface area contributed by atoms with Crippen molar-refractivity contribution < 1.29 is 0 Å². The minimum Gasteiger partial charge on any atom is -0.0950 e. The highest BCUT2D eigenvalue weighted by atomic mass is 14.0. The topological polar surface area (TPSA) is 0 Å². The van der Waals surface area contributed by atoms with E-state index in [4.69, 9.17) is 0 Å². The fraction of sp³-hybridized carbons (Fsp3) is 0.385. The highest BCUT2D eigenvalue weighted by Gasteiger charge is 1.96. The van der Waals surface area contributed by atoms with Gasteiger partial charge in [0.15, 0.2) is 0 Å². The van der Waals surface area contributed by atoms with Crippen LogP contribution in [-0.4, -0.2) is 0 Å². The Labute approximate surface area is 81.0 Å². The Bertz CT molecular complexity index is 328. The summed E-state index contributed by atoms with van der Waals surface area (Å²) < 4.78 is 0. The van der Waals surface area contributed by atoms with E-state index in [9.17, 15) is 0 Å². The quantitative estimate of drug-likeness (QED) is 0.527. The molecule has 0 fully saturated rings. The summed E-state index contributed by atoms with van der Waals surface area (Å²) >= 11 is 0. The van der Waals surface area contributed by atoms with Gasteiger partial charge in [-0.2, -0.15) is 0 Å². The van der Waals surface area contributed by atoms with Crippen molar-refractivity contribution in [1.29, 1.82) is 0 Å². The molecule has 0 aliphatic carbocycles. The SMILES string of the molecule is Cc1cccc(C)c1C#CC(C)C. The van der Waals surface area contributed by atoms with Crippen LogP contribution < -0.4 is 0 Å². The predicted molar refractivity (Wildman–Crippen MR) is 57.6 cm³/mol. The molecule has 0 aromatic heterocycles. The van der Waals surface area contributed by atoms with Crippen molar-refractivity contribution in [1.82, 2.24) is 0 Å². The minimum absolute atomic E-state index is 0.444. The van der Waals surface area contributed by atoms with E-state index in [2.05, 4.69) is 57.7 Å². The summed E-state index contributed by atoms with van der Waals surface area (Å²) in [5.74, 6) is 6.87. The van der Waals surface area contributed by atoms with Crippen LogP contribution in [0.3, 0.4) is 0 Å². The molecule has 13 heavy (non-hydrogen) atoms. The Balaban J connectivity index is 3.09. The van der Waals surface area contributed by atoms with Gasteiger partial charge in [-0.05, 0) is 25.0 Å². The van der Waals surface area contributed by atoms with Crippen LogP contribution >= 0.6 is 0 Å². The molecule has 0 unspecified atom stereocenters. The first-order valence-electron chi connectivity index (χ1n) is 4.69. The number of hydrogen-bond acceptors (Lipinski definition) is 0. The molecular formula is C13H16. The Hall–Kier alpha value is -1.22. The normalized spacial score (nSPS) is 9.62. The van der Waals surface area contributed by atoms with E-state index in [0.717, 1.165) is 0 Å². The van der Waals surface area contributed by atoms with Crippen LogP contribution in [0.5, 0.6) is 0 Å². The number of hydrogen-bond donors (Lipinski definition) is 0. The van der Waals surface area contributed by atoms with Crippen molar-refractivity contribution in [2.24, 2.45) is 5.92 Å². The van der Waals surface area contributed by atoms with E-state index >= 15 is 0 Å². The lowest BCUT2D eigenvalue weighted by Crippen LogP contribution is -1.87. The first kappa shape index (κ1) is 9.86. The van der Waals surface area contributed by atoms with Crippen LogP contribution in [0.4, 0.5) is 0 Å². The fourth-order valence-electron chi connectivity index (χ4n) is 1.23. The molecule has 0 saturated heterocycles. The van der Waals surface area contributed by atoms with Gasteiger partial charge in [0.25, 0.3) is 0 Å². The molecule has 0 aliphatic rings. The number of rotatable bonds is 0. The second-order valence-corrected chi connectivity index (χ2v) is 3.69. The zero-order chi connectivity index (χ0) is 9.84. The molecule has 1 aromatic rings. The van der Waals surface area contributed by atoms with Crippen LogP contribution in [0, 0.1) is 31.6 Å². The number of aryl methyl sites for hydroxylation is 2. The Morgan fingerprint density at radius 1 is 1.08 bits per heavy atom. The van der Waals surface area contributed by atoms with E-state index in [-0.39, 0.29) is 0 Å². The summed E-state index contributed by atoms with van der Waals surface area (Å²) in [6, 6.07) is 6.29. The van der Waals surface area contributed by atoms with Crippen molar-refractivity contribution in [3.05, 3.63) is 34.9 Å². The lowest BCUT2D eigenvalue weighted by molar-refractivity contribution is 0.866. The van der Waals surface area contributed by atoms with Crippen LogP contribution in [0.1, 0.15) is 30.5 Å². The van der Waals surface area contributed by atoms with Crippen LogP contribution in [0.15, 0.2) is 18.2 Å². The highest BCUT2D eigenvalue weighted by Crippen LogP contribution is 2.11. The molecule has 0 radical (unpaired) electrons. The summed E-state index contributed by atoms with van der Waals surface area (Å²) in [5.41, 5.74) is 3.73. The average molecular weight is 172 g/mol. The van der Waals surface area contributed by atoms with E-state index in [1.165, 1.54) is 16.7 Å². The van der Waals surface area contributed by atoms with Gasteiger partial charge in [-0.1, -0.05) is 43.9 Å². The third kappa shape index (κ3) is 2.63. The molecule has 0 heteroatoms. The predicted octanol–water partition coefficient (Wildman–Crippen LogP) is 3.31. The first-order valence-corrected chi connectivity index (χ1v) is 4.69. The van der Waals surface area contributed by atoms with E-state index < -0.39 is 0 Å². The summed E-state index contributed by atoms with van der Waals surface area (Å²) in [7, 11) is 0. The maximum Gasteiger partial charge on any atom is 0.0303 e. The lowest BCUT2D eigenvalue weighted by Gasteiger charge is -2.01. The second kappa shape index (κ2) is 4.14. The Kier molecular flexibility index (Phi) is 3.14. The Morgan fingerprint density at radius 3 is 2.08 bits per heavy atom. The monoisotopic (exact) mass is 172 g/mol. The molecule has 1 rings (SSSR count). The van der Waals surface area contributed by atoms with Gasteiger partial charge in [-0.15, -0.1) is 0 Å². The maximum absolute atomic E-state index is 3.23. The van der Waals surface area contributed by atoms with Crippen molar-refractivity contribution in [2.45, 2.75) is 27.7 Å². The van der Waals surface area contributed by atoms with Gasteiger partial charge < -0.3 is 0 Å². The van der Waals surface area contributed by atoms with Gasteiger partial charge in [0.1, 0.15) is 0 Å². The zero-order valence-electron chi connectivity index (χ0n) is 8.81. The maximum atomic E-state index is 3.23. The first-order chi connectivity index (χ1) is 6.11. The number of benzene rings is 1. The molecule has 0 atom stereocenters. The van der Waals surface area contributed by atoms with E-state index in [0.29, 0.717) is 5.92 Å². The van der Waals surface area contributed by atoms with Gasteiger partial charge in [0.2, 0.25) is 0 Å². The van der Waals surface area contributed by atoms with E-state index in [1.807, 2.05) is 0 Å². The molecule has 0 aliphatic heterocycles. The van der Waals surface area contributed by atoms with E-state index in [1.54, 1.807) is 0 Å². The van der Waals surface area contributed by atoms with Crippen molar-refractivity contribution in [3.8, 4) is 11.8 Å². The van der Waals surface area contributed by atoms with Crippen molar-refractivity contribution >= 4 is 0 Å². The molecule has 1 aromatic carbocycles. The molecular weight excluding hydrogens is 156 g/mol. The minimum atomic E-state index is 0.444. The lowest BCUT2D eigenvalue weighted by atomic mass is 10.0. The van der Waals surface area contributed by atoms with Gasteiger partial charge in [-0.25, -0.2) is 0 Å². The molecule has 0 bridgehead atoms. The zero-order valence-corrected chi connectivity index (χ0v) is 8.81.